The number of nitrogens with zero attached hydrogens (tertiary/aromatic N) is 5. The Kier molecular flexibility index (Phi) is 4.32. The third-order valence-corrected chi connectivity index (χ3v) is 3.93. The van der Waals surface area contributed by atoms with Gasteiger partial charge in [-0.05, 0) is 53.5 Å². The summed E-state index contributed by atoms with van der Waals surface area (Å²) in [5, 5.41) is 14.2. The molecule has 0 radical (unpaired) electrons. The van der Waals surface area contributed by atoms with Crippen LogP contribution in [-0.4, -0.2) is 50.6 Å². The van der Waals surface area contributed by atoms with Crippen molar-refractivity contribution >= 4 is 11.6 Å². The Labute approximate surface area is 129 Å². The van der Waals surface area contributed by atoms with Gasteiger partial charge in [-0.15, -0.1) is 5.10 Å². The number of rotatable bonds is 4. The lowest BCUT2D eigenvalue weighted by molar-refractivity contribution is -0.130. The zero-order chi connectivity index (χ0) is 15.4. The molecule has 1 atom stereocenters. The van der Waals surface area contributed by atoms with Gasteiger partial charge in [-0.3, -0.25) is 4.79 Å². The summed E-state index contributed by atoms with van der Waals surface area (Å²) in [4.78, 5) is 14.2. The van der Waals surface area contributed by atoms with Crippen molar-refractivity contribution in [2.75, 3.05) is 25.0 Å². The molecule has 1 fully saturated rings. The van der Waals surface area contributed by atoms with Crippen molar-refractivity contribution < 1.29 is 4.79 Å². The summed E-state index contributed by atoms with van der Waals surface area (Å²) in [7, 11) is 0. The van der Waals surface area contributed by atoms with Crippen LogP contribution in [0.2, 0.25) is 0 Å². The van der Waals surface area contributed by atoms with Gasteiger partial charge in [0.1, 0.15) is 6.33 Å². The Morgan fingerprint density at radius 1 is 1.36 bits per heavy atom. The first-order valence-electron chi connectivity index (χ1n) is 7.57. The maximum atomic E-state index is 12.2. The number of nitrogens with one attached hydrogen (secondary N) is 1. The molecule has 0 saturated carbocycles. The van der Waals surface area contributed by atoms with Crippen LogP contribution in [0.3, 0.4) is 0 Å². The maximum absolute atomic E-state index is 12.2. The molecule has 1 unspecified atom stereocenters. The molecular weight excluding hydrogens is 280 g/mol. The second kappa shape index (κ2) is 6.55. The minimum absolute atomic E-state index is 0.163. The fraction of sp³-hybridized carbons (Fsp3) is 0.467. The molecule has 3 rings (SSSR count). The number of hydrogen-bond donors (Lipinski definition) is 1. The van der Waals surface area contributed by atoms with E-state index in [2.05, 4.69) is 27.8 Å². The lowest BCUT2D eigenvalue weighted by atomic mass is 10.0. The van der Waals surface area contributed by atoms with E-state index in [-0.39, 0.29) is 5.91 Å². The lowest BCUT2D eigenvalue weighted by Crippen LogP contribution is -2.41. The second-order valence-electron chi connectivity index (χ2n) is 5.74. The van der Waals surface area contributed by atoms with Crippen molar-refractivity contribution in [1.82, 2.24) is 25.1 Å². The first-order chi connectivity index (χ1) is 10.7. The molecule has 1 aromatic heterocycles. The number of carbonyl (C=O) groups excluding carboxylic acids is 1. The molecule has 2 aromatic rings. The Balaban J connectivity index is 1.54. The van der Waals surface area contributed by atoms with Crippen LogP contribution in [0.1, 0.15) is 19.8 Å². The summed E-state index contributed by atoms with van der Waals surface area (Å²) in [6.45, 7) is 4.28. The highest BCUT2D eigenvalue weighted by atomic mass is 16.2. The monoisotopic (exact) mass is 300 g/mol. The summed E-state index contributed by atoms with van der Waals surface area (Å²) in [5.74, 6) is 0.768. The highest BCUT2D eigenvalue weighted by Gasteiger charge is 2.20. The Morgan fingerprint density at radius 2 is 2.18 bits per heavy atom. The predicted octanol–water partition coefficient (Wildman–Crippen LogP) is 1.33. The lowest BCUT2D eigenvalue weighted by Gasteiger charge is -2.31. The first kappa shape index (κ1) is 14.5. The van der Waals surface area contributed by atoms with E-state index in [0.29, 0.717) is 12.5 Å². The zero-order valence-corrected chi connectivity index (χ0v) is 12.6. The zero-order valence-electron chi connectivity index (χ0n) is 12.6. The Hall–Kier alpha value is -2.44. The van der Waals surface area contributed by atoms with E-state index in [4.69, 9.17) is 0 Å². The highest BCUT2D eigenvalue weighted by molar-refractivity contribution is 5.81. The van der Waals surface area contributed by atoms with Crippen LogP contribution in [0.15, 0.2) is 30.6 Å². The molecule has 7 nitrogen and oxygen atoms in total. The van der Waals surface area contributed by atoms with E-state index in [1.54, 1.807) is 11.0 Å². The maximum Gasteiger partial charge on any atom is 0.241 e. The third kappa shape index (κ3) is 3.41. The van der Waals surface area contributed by atoms with Gasteiger partial charge in [0.2, 0.25) is 5.91 Å². The van der Waals surface area contributed by atoms with Crippen LogP contribution in [0.4, 0.5) is 5.69 Å². The molecule has 1 saturated heterocycles. The van der Waals surface area contributed by atoms with Crippen LogP contribution in [-0.2, 0) is 4.79 Å². The van der Waals surface area contributed by atoms with Gasteiger partial charge in [0.25, 0.3) is 0 Å². The van der Waals surface area contributed by atoms with Gasteiger partial charge in [-0.1, -0.05) is 6.92 Å². The van der Waals surface area contributed by atoms with Gasteiger partial charge in [-0.2, -0.15) is 0 Å². The van der Waals surface area contributed by atoms with E-state index in [1.165, 1.54) is 6.42 Å². The molecule has 2 heterocycles. The quantitative estimate of drug-likeness (QED) is 0.922. The van der Waals surface area contributed by atoms with Crippen molar-refractivity contribution in [2.45, 2.75) is 19.8 Å². The molecule has 1 aliphatic heterocycles. The number of carbonyl (C=O) groups is 1. The van der Waals surface area contributed by atoms with Crippen LogP contribution in [0, 0.1) is 5.92 Å². The molecule has 1 aromatic carbocycles. The molecule has 7 heteroatoms. The van der Waals surface area contributed by atoms with Crippen molar-refractivity contribution in [1.29, 1.82) is 0 Å². The molecule has 22 heavy (non-hydrogen) atoms. The average molecular weight is 300 g/mol. The minimum Gasteiger partial charge on any atom is -0.376 e. The van der Waals surface area contributed by atoms with Crippen molar-refractivity contribution in [3.8, 4) is 5.69 Å². The van der Waals surface area contributed by atoms with Gasteiger partial charge in [0, 0.05) is 18.8 Å². The van der Waals surface area contributed by atoms with Gasteiger partial charge < -0.3 is 10.2 Å². The molecule has 1 amide bonds. The van der Waals surface area contributed by atoms with E-state index in [1.807, 2.05) is 29.2 Å². The number of amides is 1. The summed E-state index contributed by atoms with van der Waals surface area (Å²) < 4.78 is 1.59. The largest absolute Gasteiger partial charge is 0.376 e. The van der Waals surface area contributed by atoms with Crippen LogP contribution >= 0.6 is 0 Å². The van der Waals surface area contributed by atoms with E-state index in [9.17, 15) is 4.79 Å². The smallest absolute Gasteiger partial charge is 0.241 e. The Bertz CT molecular complexity index is 609. The van der Waals surface area contributed by atoms with Gasteiger partial charge in [0.15, 0.2) is 0 Å². The average Bonchev–Trinajstić information content (AvgIpc) is 3.07. The fourth-order valence-electron chi connectivity index (χ4n) is 2.72. The predicted molar refractivity (Wildman–Crippen MR) is 82.6 cm³/mol. The van der Waals surface area contributed by atoms with Gasteiger partial charge in [0.05, 0.1) is 12.2 Å². The van der Waals surface area contributed by atoms with Crippen LogP contribution in [0.5, 0.6) is 0 Å². The molecule has 116 valence electrons. The summed E-state index contributed by atoms with van der Waals surface area (Å²) in [6.07, 6.45) is 3.87. The molecular formula is C15H20N6O. The number of tetrazole rings is 1. The van der Waals surface area contributed by atoms with Crippen molar-refractivity contribution in [2.24, 2.45) is 5.92 Å². The molecule has 0 aliphatic carbocycles. The fourth-order valence-corrected chi connectivity index (χ4v) is 2.72. The standard InChI is InChI=1S/C15H20N6O/c1-12-3-2-8-20(10-12)15(22)9-16-13-4-6-14(7-5-13)21-11-17-18-19-21/h4-7,11-12,16H,2-3,8-10H2,1H3. The number of hydrogen-bond acceptors (Lipinski definition) is 5. The number of piperidine rings is 1. The summed E-state index contributed by atoms with van der Waals surface area (Å²) in [6, 6.07) is 7.66. The second-order valence-corrected chi connectivity index (χ2v) is 5.74. The van der Waals surface area contributed by atoms with Crippen molar-refractivity contribution in [3.05, 3.63) is 30.6 Å². The third-order valence-electron chi connectivity index (χ3n) is 3.93. The number of aromatic nitrogens is 4. The molecule has 1 N–H and O–H groups in total. The van der Waals surface area contributed by atoms with Crippen molar-refractivity contribution in [3.63, 3.8) is 0 Å². The number of benzene rings is 1. The topological polar surface area (TPSA) is 75.9 Å². The SMILES string of the molecule is CC1CCCN(C(=O)CNc2ccc(-n3cnnn3)cc2)C1. The number of anilines is 1. The van der Waals surface area contributed by atoms with Gasteiger partial charge in [-0.25, -0.2) is 4.68 Å². The Morgan fingerprint density at radius 3 is 2.86 bits per heavy atom. The van der Waals surface area contributed by atoms with Gasteiger partial charge >= 0.3 is 0 Å². The van der Waals surface area contributed by atoms with Crippen LogP contribution < -0.4 is 5.32 Å². The summed E-state index contributed by atoms with van der Waals surface area (Å²) in [5.41, 5.74) is 1.79. The minimum atomic E-state index is 0.163. The van der Waals surface area contributed by atoms with E-state index < -0.39 is 0 Å². The molecule has 0 spiro atoms. The normalized spacial score (nSPS) is 18.2. The number of likely N-dealkylation sites (tertiary alicyclic amines) is 1. The molecule has 0 bridgehead atoms. The van der Waals surface area contributed by atoms with E-state index in [0.717, 1.165) is 30.9 Å². The van der Waals surface area contributed by atoms with Crippen LogP contribution in [0.25, 0.3) is 5.69 Å². The highest BCUT2D eigenvalue weighted by Crippen LogP contribution is 2.16. The summed E-state index contributed by atoms with van der Waals surface area (Å²) >= 11 is 0. The first-order valence-corrected chi connectivity index (χ1v) is 7.57. The van der Waals surface area contributed by atoms with E-state index >= 15 is 0 Å². The molecule has 1 aliphatic rings.